The number of hydrogen-bond acceptors (Lipinski definition) is 8. The molecular weight excluding hydrogens is 537 g/mol. The van der Waals surface area contributed by atoms with Crippen molar-refractivity contribution in [1.82, 2.24) is 14.7 Å². The summed E-state index contributed by atoms with van der Waals surface area (Å²) in [7, 11) is 0. The first kappa shape index (κ1) is 28.8. The van der Waals surface area contributed by atoms with Gasteiger partial charge in [-0.05, 0) is 68.8 Å². The van der Waals surface area contributed by atoms with Crippen LogP contribution in [0.2, 0.25) is 5.02 Å². The zero-order valence-electron chi connectivity index (χ0n) is 22.0. The summed E-state index contributed by atoms with van der Waals surface area (Å²) in [6.45, 7) is 3.80. The second-order valence-electron chi connectivity index (χ2n) is 9.52. The molecule has 0 spiro atoms. The first-order valence-corrected chi connectivity index (χ1v) is 13.2. The molecular formula is C29H27ClFN5O4. The van der Waals surface area contributed by atoms with Crippen LogP contribution in [-0.2, 0) is 22.7 Å². The van der Waals surface area contributed by atoms with Gasteiger partial charge in [-0.1, -0.05) is 24.1 Å². The van der Waals surface area contributed by atoms with Crippen LogP contribution >= 0.6 is 11.6 Å². The van der Waals surface area contributed by atoms with E-state index >= 15 is 4.39 Å². The number of benzene rings is 2. The molecule has 2 aromatic carbocycles. The van der Waals surface area contributed by atoms with Crippen molar-refractivity contribution in [1.29, 1.82) is 10.5 Å². The van der Waals surface area contributed by atoms with Crippen molar-refractivity contribution in [3.05, 3.63) is 85.5 Å². The molecule has 0 aliphatic carbocycles. The summed E-state index contributed by atoms with van der Waals surface area (Å²) in [5.74, 6) is -1.37. The third-order valence-electron chi connectivity index (χ3n) is 6.52. The van der Waals surface area contributed by atoms with Gasteiger partial charge in [0.1, 0.15) is 5.75 Å². The Morgan fingerprint density at radius 2 is 1.80 bits per heavy atom. The number of ether oxygens (including phenoxy) is 2. The Hall–Kier alpha value is -4.25. The maximum absolute atomic E-state index is 15.5. The fourth-order valence-corrected chi connectivity index (χ4v) is 4.64. The maximum atomic E-state index is 15.5. The summed E-state index contributed by atoms with van der Waals surface area (Å²) in [6, 6.07) is 12.5. The van der Waals surface area contributed by atoms with E-state index in [0.29, 0.717) is 17.8 Å². The van der Waals surface area contributed by atoms with Gasteiger partial charge in [-0.15, -0.1) is 0 Å². The van der Waals surface area contributed by atoms with E-state index in [2.05, 4.69) is 10.00 Å². The van der Waals surface area contributed by atoms with Crippen LogP contribution in [0.3, 0.4) is 0 Å². The molecule has 2 heterocycles. The van der Waals surface area contributed by atoms with E-state index in [9.17, 15) is 20.1 Å². The molecule has 1 aliphatic heterocycles. The van der Waals surface area contributed by atoms with E-state index in [-0.39, 0.29) is 52.8 Å². The number of hydrogen-bond donors (Lipinski definition) is 0. The van der Waals surface area contributed by atoms with Gasteiger partial charge in [-0.3, -0.25) is 9.59 Å². The van der Waals surface area contributed by atoms with Crippen LogP contribution in [0.5, 0.6) is 11.5 Å². The Labute approximate surface area is 235 Å². The Morgan fingerprint density at radius 1 is 1.10 bits per heavy atom. The smallest absolute Gasteiger partial charge is 0.308 e. The Balaban J connectivity index is 1.48. The Morgan fingerprint density at radius 3 is 2.48 bits per heavy atom. The molecule has 0 saturated carbocycles. The van der Waals surface area contributed by atoms with Crippen molar-refractivity contribution in [3.8, 4) is 23.6 Å². The zero-order chi connectivity index (χ0) is 28.6. The van der Waals surface area contributed by atoms with Gasteiger partial charge in [0.25, 0.3) is 5.56 Å². The lowest BCUT2D eigenvalue weighted by molar-refractivity contribution is -0.148. The molecule has 0 amide bonds. The summed E-state index contributed by atoms with van der Waals surface area (Å²) in [5.41, 5.74) is 0.849. The van der Waals surface area contributed by atoms with E-state index in [1.807, 2.05) is 12.1 Å². The molecule has 40 heavy (non-hydrogen) atoms. The number of halogens is 2. The number of carbonyl (C=O) groups is 1. The van der Waals surface area contributed by atoms with Crippen molar-refractivity contribution >= 4 is 17.6 Å². The predicted octanol–water partition coefficient (Wildman–Crippen LogP) is 4.85. The van der Waals surface area contributed by atoms with Crippen LogP contribution in [0.1, 0.15) is 53.6 Å². The van der Waals surface area contributed by atoms with Crippen LogP contribution < -0.4 is 10.3 Å². The van der Waals surface area contributed by atoms with E-state index in [4.69, 9.17) is 21.1 Å². The molecule has 3 aromatic rings. The largest absolute Gasteiger partial charge is 0.453 e. The third kappa shape index (κ3) is 7.23. The number of nitriles is 2. The lowest BCUT2D eigenvalue weighted by Crippen LogP contribution is -2.32. The molecule has 0 unspecified atom stereocenters. The van der Waals surface area contributed by atoms with E-state index in [1.165, 1.54) is 36.8 Å². The molecule has 1 fully saturated rings. The summed E-state index contributed by atoms with van der Waals surface area (Å²) < 4.78 is 27.5. The minimum Gasteiger partial charge on any atom is -0.453 e. The number of aryl methyl sites for hydroxylation is 1. The molecule has 0 radical (unpaired) electrons. The van der Waals surface area contributed by atoms with E-state index in [0.717, 1.165) is 30.6 Å². The molecule has 11 heteroatoms. The number of esters is 1. The fraction of sp³-hybridized carbons (Fsp3) is 0.345. The number of nitrogens with zero attached hydrogens (tertiary/aromatic N) is 5. The lowest BCUT2D eigenvalue weighted by Gasteiger charge is -2.25. The van der Waals surface area contributed by atoms with Crippen LogP contribution in [0, 0.1) is 35.4 Å². The van der Waals surface area contributed by atoms with Crippen molar-refractivity contribution in [2.45, 2.75) is 45.8 Å². The molecule has 0 atom stereocenters. The van der Waals surface area contributed by atoms with Gasteiger partial charge in [0, 0.05) is 18.5 Å². The zero-order valence-corrected chi connectivity index (χ0v) is 22.7. The highest BCUT2D eigenvalue weighted by Crippen LogP contribution is 2.35. The molecule has 9 nitrogen and oxygen atoms in total. The van der Waals surface area contributed by atoms with E-state index in [1.54, 1.807) is 13.0 Å². The maximum Gasteiger partial charge on any atom is 0.308 e. The normalized spacial score (nSPS) is 13.3. The quantitative estimate of drug-likeness (QED) is 0.339. The Bertz CT molecular complexity index is 1520. The fourth-order valence-electron chi connectivity index (χ4n) is 4.46. The van der Waals surface area contributed by atoms with Gasteiger partial charge in [0.2, 0.25) is 0 Å². The first-order chi connectivity index (χ1) is 19.3. The van der Waals surface area contributed by atoms with Crippen molar-refractivity contribution in [2.24, 2.45) is 0 Å². The molecule has 1 saturated heterocycles. The van der Waals surface area contributed by atoms with Gasteiger partial charge in [-0.2, -0.15) is 20.3 Å². The molecule has 1 aromatic heterocycles. The number of aromatic nitrogens is 2. The summed E-state index contributed by atoms with van der Waals surface area (Å²) in [4.78, 5) is 27.1. The topological polar surface area (TPSA) is 121 Å². The van der Waals surface area contributed by atoms with E-state index < -0.39 is 17.3 Å². The molecule has 0 N–H and O–H groups in total. The van der Waals surface area contributed by atoms with Crippen LogP contribution in [0.15, 0.2) is 41.2 Å². The highest BCUT2D eigenvalue weighted by Gasteiger charge is 2.18. The summed E-state index contributed by atoms with van der Waals surface area (Å²) in [5, 5.41) is 22.7. The predicted molar refractivity (Wildman–Crippen MR) is 144 cm³/mol. The first-order valence-electron chi connectivity index (χ1n) is 12.8. The summed E-state index contributed by atoms with van der Waals surface area (Å²) in [6.07, 6.45) is 3.67. The second-order valence-corrected chi connectivity index (χ2v) is 9.93. The summed E-state index contributed by atoms with van der Waals surface area (Å²) >= 11 is 6.21. The standard InChI is InChI=1S/C29H27ClFN5O4/c1-19-11-23(34-36(29(19)38)18-39-26(37)7-10-35-8-3-2-4-9-35)15-22-5-6-25(30)28(27(22)31)40-24-13-20(16-32)12-21(14-24)17-33/h5-6,11-14H,2-4,7-10,15,18H2,1H3. The molecule has 206 valence electrons. The van der Waals surface area contributed by atoms with Crippen LogP contribution in [-0.4, -0.2) is 40.3 Å². The van der Waals surface area contributed by atoms with Gasteiger partial charge in [0.15, 0.2) is 18.3 Å². The van der Waals surface area contributed by atoms with Gasteiger partial charge in [0.05, 0.1) is 40.4 Å². The minimum absolute atomic E-state index is 0.00676. The minimum atomic E-state index is -0.755. The Kier molecular flexibility index (Phi) is 9.49. The third-order valence-corrected chi connectivity index (χ3v) is 6.82. The van der Waals surface area contributed by atoms with Gasteiger partial charge < -0.3 is 14.4 Å². The molecule has 1 aliphatic rings. The number of rotatable bonds is 9. The monoisotopic (exact) mass is 563 g/mol. The average molecular weight is 564 g/mol. The lowest BCUT2D eigenvalue weighted by atomic mass is 10.1. The molecule has 4 rings (SSSR count). The number of piperidine rings is 1. The average Bonchev–Trinajstić information content (AvgIpc) is 2.96. The number of likely N-dealkylation sites (tertiary alicyclic amines) is 1. The van der Waals surface area contributed by atoms with Crippen molar-refractivity contribution in [2.75, 3.05) is 19.6 Å². The van der Waals surface area contributed by atoms with Crippen LogP contribution in [0.4, 0.5) is 4.39 Å². The molecule has 0 bridgehead atoms. The van der Waals surface area contributed by atoms with Gasteiger partial charge in [-0.25, -0.2) is 4.39 Å². The van der Waals surface area contributed by atoms with Gasteiger partial charge >= 0.3 is 5.97 Å². The van der Waals surface area contributed by atoms with Crippen molar-refractivity contribution < 1.29 is 18.7 Å². The second kappa shape index (κ2) is 13.2. The highest BCUT2D eigenvalue weighted by atomic mass is 35.5. The van der Waals surface area contributed by atoms with Crippen molar-refractivity contribution in [3.63, 3.8) is 0 Å². The van der Waals surface area contributed by atoms with Crippen LogP contribution in [0.25, 0.3) is 0 Å². The highest BCUT2D eigenvalue weighted by molar-refractivity contribution is 6.32. The SMILES string of the molecule is Cc1cc(Cc2ccc(Cl)c(Oc3cc(C#N)cc(C#N)c3)c2F)nn(COC(=O)CCN2CCCCC2)c1=O. The number of carbonyl (C=O) groups excluding carboxylic acids is 1.